The van der Waals surface area contributed by atoms with Gasteiger partial charge in [-0.15, -0.1) is 0 Å². The standard InChI is InChI=1S/C15H20N2/c1-17(11-13-6-3-2-4-7-13)12-15(10-16)14-8-5-9-14/h2-4,6-7,14-15H,5,8-9,11-12H2,1H3. The molecule has 1 saturated carbocycles. The highest BCUT2D eigenvalue weighted by molar-refractivity contribution is 5.14. The van der Waals surface area contributed by atoms with Gasteiger partial charge < -0.3 is 4.90 Å². The lowest BCUT2D eigenvalue weighted by molar-refractivity contribution is 0.188. The van der Waals surface area contributed by atoms with E-state index in [4.69, 9.17) is 0 Å². The molecule has 2 nitrogen and oxygen atoms in total. The minimum Gasteiger partial charge on any atom is -0.301 e. The summed E-state index contributed by atoms with van der Waals surface area (Å²) in [6.45, 7) is 1.84. The summed E-state index contributed by atoms with van der Waals surface area (Å²) in [7, 11) is 2.11. The summed E-state index contributed by atoms with van der Waals surface area (Å²) >= 11 is 0. The topological polar surface area (TPSA) is 27.0 Å². The van der Waals surface area contributed by atoms with Gasteiger partial charge in [0.15, 0.2) is 0 Å². The van der Waals surface area contributed by atoms with Crippen molar-refractivity contribution in [3.05, 3.63) is 35.9 Å². The van der Waals surface area contributed by atoms with E-state index in [-0.39, 0.29) is 5.92 Å². The third kappa shape index (κ3) is 3.31. The van der Waals surface area contributed by atoms with Gasteiger partial charge in [0.2, 0.25) is 0 Å². The fourth-order valence-corrected chi connectivity index (χ4v) is 2.43. The van der Waals surface area contributed by atoms with Crippen LogP contribution in [0.4, 0.5) is 0 Å². The molecule has 1 aliphatic rings. The van der Waals surface area contributed by atoms with Crippen molar-refractivity contribution in [3.63, 3.8) is 0 Å². The number of benzene rings is 1. The first-order valence-corrected chi connectivity index (χ1v) is 6.41. The minimum absolute atomic E-state index is 0.220. The van der Waals surface area contributed by atoms with Crippen LogP contribution in [0.15, 0.2) is 30.3 Å². The van der Waals surface area contributed by atoms with Gasteiger partial charge in [-0.1, -0.05) is 36.8 Å². The predicted octanol–water partition coefficient (Wildman–Crippen LogP) is 3.06. The Bertz CT molecular complexity index is 376. The molecular formula is C15H20N2. The first-order chi connectivity index (χ1) is 8.29. The molecule has 0 aliphatic heterocycles. The fraction of sp³-hybridized carbons (Fsp3) is 0.533. The summed E-state index contributed by atoms with van der Waals surface area (Å²) in [6.07, 6.45) is 3.81. The van der Waals surface area contributed by atoms with E-state index in [2.05, 4.69) is 42.3 Å². The zero-order valence-corrected chi connectivity index (χ0v) is 10.5. The lowest BCUT2D eigenvalue weighted by Crippen LogP contribution is -2.32. The molecule has 0 spiro atoms. The molecule has 2 rings (SSSR count). The number of hydrogen-bond donors (Lipinski definition) is 0. The number of nitriles is 1. The van der Waals surface area contributed by atoms with Crippen LogP contribution in [0.3, 0.4) is 0 Å². The number of hydrogen-bond acceptors (Lipinski definition) is 2. The van der Waals surface area contributed by atoms with Crippen LogP contribution in [0.2, 0.25) is 0 Å². The Morgan fingerprint density at radius 1 is 1.35 bits per heavy atom. The van der Waals surface area contributed by atoms with Crippen molar-refractivity contribution in [2.24, 2.45) is 11.8 Å². The average Bonchev–Trinajstić information content (AvgIpc) is 2.27. The van der Waals surface area contributed by atoms with E-state index >= 15 is 0 Å². The Balaban J connectivity index is 1.84. The smallest absolute Gasteiger partial charge is 0.0672 e. The highest BCUT2D eigenvalue weighted by Gasteiger charge is 2.27. The van der Waals surface area contributed by atoms with Gasteiger partial charge in [-0.25, -0.2) is 0 Å². The monoisotopic (exact) mass is 228 g/mol. The van der Waals surface area contributed by atoms with E-state index in [9.17, 15) is 5.26 Å². The summed E-state index contributed by atoms with van der Waals surface area (Å²) in [6, 6.07) is 12.9. The predicted molar refractivity (Wildman–Crippen MR) is 69.2 cm³/mol. The van der Waals surface area contributed by atoms with Crippen LogP contribution in [0, 0.1) is 23.2 Å². The molecule has 0 bridgehead atoms. The number of rotatable bonds is 5. The highest BCUT2D eigenvalue weighted by Crippen LogP contribution is 2.33. The van der Waals surface area contributed by atoms with Crippen LogP contribution in [-0.4, -0.2) is 18.5 Å². The molecule has 0 aromatic heterocycles. The van der Waals surface area contributed by atoms with Gasteiger partial charge in [-0.2, -0.15) is 5.26 Å². The molecule has 0 amide bonds. The van der Waals surface area contributed by atoms with Crippen molar-refractivity contribution >= 4 is 0 Å². The van der Waals surface area contributed by atoms with Gasteiger partial charge in [0.1, 0.15) is 0 Å². The summed E-state index contributed by atoms with van der Waals surface area (Å²) < 4.78 is 0. The molecule has 1 atom stereocenters. The molecule has 1 aromatic rings. The van der Waals surface area contributed by atoms with Crippen LogP contribution < -0.4 is 0 Å². The Labute approximate surface area is 104 Å². The van der Waals surface area contributed by atoms with Crippen molar-refractivity contribution in [3.8, 4) is 6.07 Å². The van der Waals surface area contributed by atoms with Crippen LogP contribution in [0.5, 0.6) is 0 Å². The SMILES string of the molecule is CN(Cc1ccccc1)CC(C#N)C1CCC1. The Morgan fingerprint density at radius 2 is 2.06 bits per heavy atom. The summed E-state index contributed by atoms with van der Waals surface area (Å²) in [4.78, 5) is 2.27. The molecule has 1 aromatic carbocycles. The Kier molecular flexibility index (Phi) is 4.17. The second-order valence-electron chi connectivity index (χ2n) is 5.11. The van der Waals surface area contributed by atoms with Gasteiger partial charge in [-0.05, 0) is 31.4 Å². The van der Waals surface area contributed by atoms with Gasteiger partial charge in [0.25, 0.3) is 0 Å². The molecule has 0 heterocycles. The molecular weight excluding hydrogens is 208 g/mol. The molecule has 90 valence electrons. The normalized spacial score (nSPS) is 17.5. The van der Waals surface area contributed by atoms with E-state index in [1.807, 2.05) is 6.07 Å². The summed E-state index contributed by atoms with van der Waals surface area (Å²) in [5, 5.41) is 9.20. The first-order valence-electron chi connectivity index (χ1n) is 6.41. The molecule has 17 heavy (non-hydrogen) atoms. The van der Waals surface area contributed by atoms with E-state index in [1.54, 1.807) is 0 Å². The molecule has 1 fully saturated rings. The Morgan fingerprint density at radius 3 is 2.59 bits per heavy atom. The van der Waals surface area contributed by atoms with Gasteiger partial charge in [0.05, 0.1) is 12.0 Å². The molecule has 0 saturated heterocycles. The second kappa shape index (κ2) is 5.84. The second-order valence-corrected chi connectivity index (χ2v) is 5.11. The van der Waals surface area contributed by atoms with Crippen molar-refractivity contribution in [2.75, 3.05) is 13.6 Å². The highest BCUT2D eigenvalue weighted by atomic mass is 15.1. The van der Waals surface area contributed by atoms with Crippen molar-refractivity contribution < 1.29 is 0 Å². The average molecular weight is 228 g/mol. The lowest BCUT2D eigenvalue weighted by Gasteiger charge is -2.32. The van der Waals surface area contributed by atoms with Crippen LogP contribution in [0.1, 0.15) is 24.8 Å². The van der Waals surface area contributed by atoms with Crippen molar-refractivity contribution in [1.29, 1.82) is 5.26 Å². The third-order valence-corrected chi connectivity index (χ3v) is 3.69. The van der Waals surface area contributed by atoms with E-state index < -0.39 is 0 Å². The maximum absolute atomic E-state index is 9.20. The molecule has 0 N–H and O–H groups in total. The number of nitrogens with zero attached hydrogens (tertiary/aromatic N) is 2. The lowest BCUT2D eigenvalue weighted by atomic mass is 9.76. The fourth-order valence-electron chi connectivity index (χ4n) is 2.43. The largest absolute Gasteiger partial charge is 0.301 e. The minimum atomic E-state index is 0.220. The Hall–Kier alpha value is -1.33. The van der Waals surface area contributed by atoms with Crippen LogP contribution in [0.25, 0.3) is 0 Å². The first kappa shape index (κ1) is 12.1. The zero-order valence-electron chi connectivity index (χ0n) is 10.5. The van der Waals surface area contributed by atoms with Crippen molar-refractivity contribution in [2.45, 2.75) is 25.8 Å². The van der Waals surface area contributed by atoms with Gasteiger partial charge in [0, 0.05) is 13.1 Å². The zero-order chi connectivity index (χ0) is 12.1. The van der Waals surface area contributed by atoms with Gasteiger partial charge in [-0.3, -0.25) is 0 Å². The van der Waals surface area contributed by atoms with Crippen LogP contribution >= 0.6 is 0 Å². The maximum atomic E-state index is 9.20. The van der Waals surface area contributed by atoms with Gasteiger partial charge >= 0.3 is 0 Å². The van der Waals surface area contributed by atoms with Crippen molar-refractivity contribution in [1.82, 2.24) is 4.90 Å². The van der Waals surface area contributed by atoms with E-state index in [1.165, 1.54) is 24.8 Å². The van der Waals surface area contributed by atoms with E-state index in [0.717, 1.165) is 13.1 Å². The molecule has 1 aliphatic carbocycles. The summed E-state index contributed by atoms with van der Waals surface area (Å²) in [5.41, 5.74) is 1.32. The molecule has 2 heteroatoms. The molecule has 0 radical (unpaired) electrons. The third-order valence-electron chi connectivity index (χ3n) is 3.69. The van der Waals surface area contributed by atoms with E-state index in [0.29, 0.717) is 5.92 Å². The summed E-state index contributed by atoms with van der Waals surface area (Å²) in [5.74, 6) is 0.871. The maximum Gasteiger partial charge on any atom is 0.0672 e. The van der Waals surface area contributed by atoms with Crippen LogP contribution in [-0.2, 0) is 6.54 Å². The quantitative estimate of drug-likeness (QED) is 0.774. The molecule has 1 unspecified atom stereocenters.